The molecule has 0 amide bonds. The van der Waals surface area contributed by atoms with Crippen LogP contribution in [0.2, 0.25) is 0 Å². The van der Waals surface area contributed by atoms with Crippen molar-refractivity contribution in [2.75, 3.05) is 50.1 Å². The number of methoxy groups -OCH3 is 1. The molecule has 0 atom stereocenters. The highest BCUT2D eigenvalue weighted by Gasteiger charge is 2.21. The summed E-state index contributed by atoms with van der Waals surface area (Å²) >= 11 is 0. The molecule has 182 valence electrons. The summed E-state index contributed by atoms with van der Waals surface area (Å²) in [7, 11) is 1.65. The van der Waals surface area contributed by atoms with Crippen molar-refractivity contribution in [2.45, 2.75) is 26.7 Å². The fourth-order valence-electron chi connectivity index (χ4n) is 4.97. The van der Waals surface area contributed by atoms with E-state index in [1.165, 1.54) is 10.9 Å². The number of anilines is 3. The molecule has 1 aliphatic rings. The third-order valence-electron chi connectivity index (χ3n) is 7.07. The molecule has 1 saturated heterocycles. The van der Waals surface area contributed by atoms with E-state index in [0.717, 1.165) is 68.2 Å². The number of hydrogen-bond donors (Lipinski definition) is 2. The van der Waals surface area contributed by atoms with Gasteiger partial charge in [0, 0.05) is 54.5 Å². The number of rotatable bonds is 8. The molecule has 35 heavy (non-hydrogen) atoms. The second kappa shape index (κ2) is 9.50. The van der Waals surface area contributed by atoms with Gasteiger partial charge in [0.05, 0.1) is 19.0 Å². The van der Waals surface area contributed by atoms with Gasteiger partial charge in [-0.25, -0.2) is 9.97 Å². The van der Waals surface area contributed by atoms with Crippen LogP contribution in [0.5, 0.6) is 5.75 Å². The highest BCUT2D eigenvalue weighted by Crippen LogP contribution is 2.31. The molecule has 1 aliphatic heterocycles. The van der Waals surface area contributed by atoms with E-state index in [0.29, 0.717) is 17.0 Å². The first-order valence-corrected chi connectivity index (χ1v) is 12.0. The van der Waals surface area contributed by atoms with Gasteiger partial charge in [0.15, 0.2) is 11.6 Å². The summed E-state index contributed by atoms with van der Waals surface area (Å²) in [6, 6.07) is 3.98. The normalized spacial score (nSPS) is 14.7. The fraction of sp³-hybridized carbons (Fsp3) is 0.385. The van der Waals surface area contributed by atoms with Crippen LogP contribution in [0.15, 0.2) is 40.4 Å². The van der Waals surface area contributed by atoms with Gasteiger partial charge >= 0.3 is 0 Å². The van der Waals surface area contributed by atoms with E-state index >= 15 is 0 Å². The van der Waals surface area contributed by atoms with E-state index < -0.39 is 10.9 Å². The summed E-state index contributed by atoms with van der Waals surface area (Å²) in [6.07, 6.45) is 7.38. The molecule has 4 aromatic rings. The van der Waals surface area contributed by atoms with Crippen LogP contribution < -0.4 is 25.8 Å². The summed E-state index contributed by atoms with van der Waals surface area (Å²) in [4.78, 5) is 40.0. The minimum Gasteiger partial charge on any atom is -0.491 e. The predicted octanol–water partition coefficient (Wildman–Crippen LogP) is 2.68. The molecule has 0 spiro atoms. The number of benzene rings is 1. The zero-order valence-electron chi connectivity index (χ0n) is 20.4. The van der Waals surface area contributed by atoms with Crippen LogP contribution in [0.4, 0.5) is 17.2 Å². The fourth-order valence-corrected chi connectivity index (χ4v) is 4.97. The van der Waals surface area contributed by atoms with Crippen molar-refractivity contribution in [1.29, 1.82) is 0 Å². The predicted molar refractivity (Wildman–Crippen MR) is 138 cm³/mol. The van der Waals surface area contributed by atoms with Gasteiger partial charge in [-0.05, 0) is 56.5 Å². The molecular weight excluding hydrogens is 444 g/mol. The van der Waals surface area contributed by atoms with E-state index in [4.69, 9.17) is 4.74 Å². The molecule has 5 rings (SSSR count). The van der Waals surface area contributed by atoms with Crippen LogP contribution >= 0.6 is 0 Å². The number of ether oxygens (including phenoxy) is 1. The van der Waals surface area contributed by atoms with Gasteiger partial charge < -0.3 is 19.9 Å². The van der Waals surface area contributed by atoms with Crippen molar-refractivity contribution < 1.29 is 4.74 Å². The smallest absolute Gasteiger partial charge is 0.249 e. The van der Waals surface area contributed by atoms with Crippen LogP contribution in [0, 0.1) is 13.8 Å². The van der Waals surface area contributed by atoms with Crippen molar-refractivity contribution in [3.63, 3.8) is 0 Å². The van der Waals surface area contributed by atoms with Crippen molar-refractivity contribution in [3.8, 4) is 5.75 Å². The summed E-state index contributed by atoms with van der Waals surface area (Å²) in [5, 5.41) is 4.37. The van der Waals surface area contributed by atoms with Crippen LogP contribution in [0.1, 0.15) is 23.1 Å². The average Bonchev–Trinajstić information content (AvgIpc) is 3.31. The lowest BCUT2D eigenvalue weighted by molar-refractivity contribution is 0.253. The van der Waals surface area contributed by atoms with Gasteiger partial charge in [-0.1, -0.05) is 0 Å². The molecule has 9 heteroatoms. The zero-order chi connectivity index (χ0) is 24.5. The minimum absolute atomic E-state index is 0.398. The topological polar surface area (TPSA) is 103 Å². The largest absolute Gasteiger partial charge is 0.491 e. The second-order valence-electron chi connectivity index (χ2n) is 9.10. The SMILES string of the molecule is COc1cncnc1N1CCN(CCCc2c[nH]c3ccc(Nc4c(C)c(=O)c4=O)c(C)c23)CC1. The van der Waals surface area contributed by atoms with E-state index in [1.54, 1.807) is 26.6 Å². The monoisotopic (exact) mass is 474 g/mol. The highest BCUT2D eigenvalue weighted by atomic mass is 16.5. The van der Waals surface area contributed by atoms with Gasteiger partial charge in [0.1, 0.15) is 6.33 Å². The Kier molecular flexibility index (Phi) is 6.25. The standard InChI is InChI=1S/C26H30N6O3/c1-16-19(30-23-17(2)24(33)25(23)34)6-7-20-22(16)18(13-28-20)5-4-8-31-9-11-32(12-10-31)26-21(35-3)14-27-15-29-26/h6-7,13-15,28,30H,4-5,8-12H2,1-3H3. The number of H-pyrrole nitrogens is 1. The molecule has 1 fully saturated rings. The third kappa shape index (κ3) is 4.27. The van der Waals surface area contributed by atoms with Gasteiger partial charge in [-0.15, -0.1) is 0 Å². The number of aromatic amines is 1. The second-order valence-corrected chi connectivity index (χ2v) is 9.10. The van der Waals surface area contributed by atoms with Crippen LogP contribution in [-0.2, 0) is 6.42 Å². The zero-order valence-corrected chi connectivity index (χ0v) is 20.4. The number of nitrogens with zero attached hydrogens (tertiary/aromatic N) is 4. The van der Waals surface area contributed by atoms with Crippen LogP contribution in [0.25, 0.3) is 10.9 Å². The summed E-state index contributed by atoms with van der Waals surface area (Å²) in [5.41, 5.74) is 4.38. The molecule has 9 nitrogen and oxygen atoms in total. The molecule has 0 aliphatic carbocycles. The average molecular weight is 475 g/mol. The molecule has 0 unspecified atom stereocenters. The van der Waals surface area contributed by atoms with Crippen molar-refractivity contribution >= 4 is 28.1 Å². The summed E-state index contributed by atoms with van der Waals surface area (Å²) in [6.45, 7) is 8.55. The van der Waals surface area contributed by atoms with Crippen LogP contribution in [-0.4, -0.2) is 59.7 Å². The molecule has 2 N–H and O–H groups in total. The maximum Gasteiger partial charge on any atom is 0.249 e. The Balaban J connectivity index is 1.20. The quantitative estimate of drug-likeness (QED) is 0.376. The third-order valence-corrected chi connectivity index (χ3v) is 7.07. The Morgan fingerprint density at radius 3 is 2.63 bits per heavy atom. The lowest BCUT2D eigenvalue weighted by Gasteiger charge is -2.35. The molecular formula is C26H30N6O3. The van der Waals surface area contributed by atoms with E-state index in [2.05, 4.69) is 43.2 Å². The molecule has 2 aromatic carbocycles. The number of aromatic nitrogens is 3. The van der Waals surface area contributed by atoms with Crippen molar-refractivity contribution in [2.24, 2.45) is 0 Å². The lowest BCUT2D eigenvalue weighted by Crippen LogP contribution is -2.47. The van der Waals surface area contributed by atoms with Gasteiger partial charge in [-0.2, -0.15) is 0 Å². The number of aryl methyl sites for hydroxylation is 2. The maximum absolute atomic E-state index is 11.9. The first-order chi connectivity index (χ1) is 17.0. The Morgan fingerprint density at radius 1 is 1.09 bits per heavy atom. The number of nitrogens with one attached hydrogen (secondary N) is 2. The van der Waals surface area contributed by atoms with Crippen molar-refractivity contribution in [3.05, 3.63) is 68.0 Å². The number of hydrogen-bond acceptors (Lipinski definition) is 8. The van der Waals surface area contributed by atoms with Gasteiger partial charge in [-0.3, -0.25) is 14.5 Å². The first kappa shape index (κ1) is 23.0. The molecule has 2 aromatic heterocycles. The lowest BCUT2D eigenvalue weighted by atomic mass is 10.0. The molecule has 0 bridgehead atoms. The van der Waals surface area contributed by atoms with E-state index in [-0.39, 0.29) is 0 Å². The maximum atomic E-state index is 11.9. The van der Waals surface area contributed by atoms with E-state index in [9.17, 15) is 9.59 Å². The van der Waals surface area contributed by atoms with E-state index in [1.807, 2.05) is 12.1 Å². The Hall–Kier alpha value is -3.72. The number of piperazine rings is 1. The first-order valence-electron chi connectivity index (χ1n) is 12.0. The Labute approximate surface area is 203 Å². The van der Waals surface area contributed by atoms with Crippen molar-refractivity contribution in [1.82, 2.24) is 19.9 Å². The van der Waals surface area contributed by atoms with Gasteiger partial charge in [0.25, 0.3) is 0 Å². The highest BCUT2D eigenvalue weighted by molar-refractivity contribution is 5.91. The molecule has 3 heterocycles. The van der Waals surface area contributed by atoms with Crippen LogP contribution in [0.3, 0.4) is 0 Å². The summed E-state index contributed by atoms with van der Waals surface area (Å²) in [5.74, 6) is 1.57. The molecule has 0 radical (unpaired) electrons. The number of fused-ring (bicyclic) bond motifs is 1. The summed E-state index contributed by atoms with van der Waals surface area (Å²) < 4.78 is 5.41. The van der Waals surface area contributed by atoms with Gasteiger partial charge in [0.2, 0.25) is 10.9 Å². The minimum atomic E-state index is -0.436. The molecule has 0 saturated carbocycles. The Bertz CT molecular complexity index is 1430. The Morgan fingerprint density at radius 2 is 1.89 bits per heavy atom.